The second kappa shape index (κ2) is 14.7. The molecular weight excluding hydrogens is 695 g/mol. The highest BCUT2D eigenvalue weighted by Gasteiger charge is 2.23. The van der Waals surface area contributed by atoms with Crippen LogP contribution in [0.15, 0.2) is 224 Å². The first-order valence-electron chi connectivity index (χ1n) is 19.1. The summed E-state index contributed by atoms with van der Waals surface area (Å²) in [6, 6.07) is 81.4. The Morgan fingerprint density at radius 3 is 1.41 bits per heavy atom. The lowest BCUT2D eigenvalue weighted by atomic mass is 9.87. The van der Waals surface area contributed by atoms with Gasteiger partial charge in [0.25, 0.3) is 0 Å². The van der Waals surface area contributed by atoms with E-state index in [0.29, 0.717) is 0 Å². The number of hydrogen-bond donors (Lipinski definition) is 0. The highest BCUT2D eigenvalue weighted by Crippen LogP contribution is 2.48. The monoisotopic (exact) mass is 731 g/mol. The van der Waals surface area contributed by atoms with Gasteiger partial charge in [0.2, 0.25) is 0 Å². The van der Waals surface area contributed by atoms with E-state index in [1.807, 2.05) is 11.3 Å². The van der Waals surface area contributed by atoms with E-state index < -0.39 is 0 Å². The maximum Gasteiger partial charge on any atom is 0.0546 e. The van der Waals surface area contributed by atoms with Crippen molar-refractivity contribution in [3.05, 3.63) is 224 Å². The molecule has 1 aromatic heterocycles. The molecule has 56 heavy (non-hydrogen) atoms. The van der Waals surface area contributed by atoms with Crippen molar-refractivity contribution in [2.75, 3.05) is 4.90 Å². The molecule has 0 saturated heterocycles. The van der Waals surface area contributed by atoms with Crippen LogP contribution in [0.25, 0.3) is 75.8 Å². The van der Waals surface area contributed by atoms with Crippen LogP contribution in [-0.4, -0.2) is 0 Å². The third-order valence-electron chi connectivity index (χ3n) is 10.7. The zero-order valence-electron chi connectivity index (χ0n) is 30.7. The molecule has 0 spiro atoms. The molecule has 0 amide bonds. The van der Waals surface area contributed by atoms with E-state index >= 15 is 0 Å². The standard InChI is InChI=1S/C54H37NS/c1-4-15-38(16-5-1)39-27-32-44(33-28-39)55(45-34-29-40(30-35-45)43-31-36-53-50(37-43)48-22-12-13-26-52(48)56-53)51-25-14-24-47(42-19-8-3-9-20-42)54(51)49-23-11-10-21-46(49)41-17-6-2-7-18-41/h1-37H. The van der Waals surface area contributed by atoms with Gasteiger partial charge in [-0.2, -0.15) is 0 Å². The molecule has 1 nitrogen and oxygen atoms in total. The molecule has 0 aliphatic rings. The number of benzene rings is 9. The van der Waals surface area contributed by atoms with Gasteiger partial charge >= 0.3 is 0 Å². The molecule has 0 saturated carbocycles. The van der Waals surface area contributed by atoms with E-state index in [4.69, 9.17) is 0 Å². The van der Waals surface area contributed by atoms with Crippen LogP contribution in [-0.2, 0) is 0 Å². The molecule has 9 aromatic carbocycles. The van der Waals surface area contributed by atoms with Crippen molar-refractivity contribution in [3.8, 4) is 55.6 Å². The predicted octanol–water partition coefficient (Wildman–Crippen LogP) is 15.9. The Morgan fingerprint density at radius 2 is 0.750 bits per heavy atom. The Hall–Kier alpha value is -7.00. The fraction of sp³-hybridized carbons (Fsp3) is 0. The summed E-state index contributed by atoms with van der Waals surface area (Å²) in [6.07, 6.45) is 0. The van der Waals surface area contributed by atoms with Crippen LogP contribution < -0.4 is 4.90 Å². The van der Waals surface area contributed by atoms with Crippen LogP contribution in [0.4, 0.5) is 17.1 Å². The zero-order valence-corrected chi connectivity index (χ0v) is 31.5. The lowest BCUT2D eigenvalue weighted by Gasteiger charge is -2.30. The van der Waals surface area contributed by atoms with Gasteiger partial charge in [0.05, 0.1) is 5.69 Å². The summed E-state index contributed by atoms with van der Waals surface area (Å²) in [5.74, 6) is 0. The molecular formula is C54H37NS. The topological polar surface area (TPSA) is 3.24 Å². The van der Waals surface area contributed by atoms with Gasteiger partial charge in [0, 0.05) is 37.1 Å². The fourth-order valence-corrected chi connectivity index (χ4v) is 9.09. The normalized spacial score (nSPS) is 11.2. The summed E-state index contributed by atoms with van der Waals surface area (Å²) in [7, 11) is 0. The van der Waals surface area contributed by atoms with Crippen LogP contribution in [0.1, 0.15) is 0 Å². The van der Waals surface area contributed by atoms with Crippen LogP contribution >= 0.6 is 11.3 Å². The highest BCUT2D eigenvalue weighted by atomic mass is 32.1. The Labute approximate surface area is 332 Å². The minimum atomic E-state index is 1.09. The molecule has 2 heteroatoms. The summed E-state index contributed by atoms with van der Waals surface area (Å²) in [5.41, 5.74) is 15.2. The first-order valence-corrected chi connectivity index (χ1v) is 19.9. The lowest BCUT2D eigenvalue weighted by Crippen LogP contribution is -2.12. The first kappa shape index (κ1) is 33.6. The number of nitrogens with zero attached hydrogens (tertiary/aromatic N) is 1. The quantitative estimate of drug-likeness (QED) is 0.150. The average molecular weight is 732 g/mol. The Balaban J connectivity index is 1.17. The van der Waals surface area contributed by atoms with Crippen molar-refractivity contribution in [1.82, 2.24) is 0 Å². The van der Waals surface area contributed by atoms with Gasteiger partial charge in [-0.25, -0.2) is 0 Å². The average Bonchev–Trinajstić information content (AvgIpc) is 3.66. The van der Waals surface area contributed by atoms with Crippen LogP contribution in [0.3, 0.4) is 0 Å². The summed E-state index contributed by atoms with van der Waals surface area (Å²) in [5, 5.41) is 2.63. The molecule has 0 unspecified atom stereocenters. The van der Waals surface area contributed by atoms with Gasteiger partial charge in [0.1, 0.15) is 0 Å². The van der Waals surface area contributed by atoms with Crippen molar-refractivity contribution in [2.24, 2.45) is 0 Å². The SMILES string of the molecule is c1ccc(-c2ccc(N(c3ccc(-c4ccc5sc6ccccc6c5c4)cc3)c3cccc(-c4ccccc4)c3-c3ccccc3-c3ccccc3)cc2)cc1. The van der Waals surface area contributed by atoms with Crippen molar-refractivity contribution < 1.29 is 0 Å². The second-order valence-corrected chi connectivity index (χ2v) is 15.2. The Morgan fingerprint density at radius 1 is 0.286 bits per heavy atom. The molecule has 10 aromatic rings. The number of thiophene rings is 1. The molecule has 0 N–H and O–H groups in total. The molecule has 0 aliphatic carbocycles. The molecule has 10 rings (SSSR count). The first-order chi connectivity index (χ1) is 27.8. The summed E-state index contributed by atoms with van der Waals surface area (Å²) >= 11 is 1.86. The molecule has 0 radical (unpaired) electrons. The number of fused-ring (bicyclic) bond motifs is 3. The molecule has 264 valence electrons. The minimum absolute atomic E-state index is 1.09. The number of hydrogen-bond acceptors (Lipinski definition) is 2. The number of anilines is 3. The van der Waals surface area contributed by atoms with Crippen molar-refractivity contribution in [3.63, 3.8) is 0 Å². The summed E-state index contributed by atoms with van der Waals surface area (Å²) in [4.78, 5) is 2.43. The largest absolute Gasteiger partial charge is 0.310 e. The van der Waals surface area contributed by atoms with Crippen molar-refractivity contribution >= 4 is 48.6 Å². The predicted molar refractivity (Wildman–Crippen MR) is 241 cm³/mol. The van der Waals surface area contributed by atoms with Gasteiger partial charge in [-0.05, 0) is 98.6 Å². The smallest absolute Gasteiger partial charge is 0.0546 e. The Kier molecular flexibility index (Phi) is 8.79. The van der Waals surface area contributed by atoms with Crippen LogP contribution in [0.5, 0.6) is 0 Å². The van der Waals surface area contributed by atoms with E-state index in [0.717, 1.165) is 17.1 Å². The Bertz CT molecular complexity index is 2930. The minimum Gasteiger partial charge on any atom is -0.310 e. The summed E-state index contributed by atoms with van der Waals surface area (Å²) in [6.45, 7) is 0. The molecule has 0 atom stereocenters. The van der Waals surface area contributed by atoms with Gasteiger partial charge in [-0.1, -0.05) is 176 Å². The molecule has 0 aliphatic heterocycles. The van der Waals surface area contributed by atoms with Gasteiger partial charge in [-0.3, -0.25) is 0 Å². The van der Waals surface area contributed by atoms with Gasteiger partial charge in [0.15, 0.2) is 0 Å². The van der Waals surface area contributed by atoms with Gasteiger partial charge < -0.3 is 4.90 Å². The van der Waals surface area contributed by atoms with Gasteiger partial charge in [-0.15, -0.1) is 11.3 Å². The third kappa shape index (κ3) is 6.26. The van der Waals surface area contributed by atoms with E-state index in [2.05, 4.69) is 229 Å². The second-order valence-electron chi connectivity index (χ2n) is 14.1. The summed E-state index contributed by atoms with van der Waals surface area (Å²) < 4.78 is 2.64. The van der Waals surface area contributed by atoms with E-state index in [9.17, 15) is 0 Å². The van der Waals surface area contributed by atoms with E-state index in [-0.39, 0.29) is 0 Å². The maximum atomic E-state index is 2.43. The van der Waals surface area contributed by atoms with E-state index in [1.54, 1.807) is 0 Å². The van der Waals surface area contributed by atoms with E-state index in [1.165, 1.54) is 75.8 Å². The molecule has 0 bridgehead atoms. The lowest BCUT2D eigenvalue weighted by molar-refractivity contribution is 1.28. The number of rotatable bonds is 8. The zero-order chi connectivity index (χ0) is 37.3. The van der Waals surface area contributed by atoms with Crippen LogP contribution in [0, 0.1) is 0 Å². The van der Waals surface area contributed by atoms with Crippen molar-refractivity contribution in [1.29, 1.82) is 0 Å². The molecule has 0 fully saturated rings. The van der Waals surface area contributed by atoms with Crippen LogP contribution in [0.2, 0.25) is 0 Å². The molecule has 1 heterocycles. The fourth-order valence-electron chi connectivity index (χ4n) is 8.01. The van der Waals surface area contributed by atoms with Crippen molar-refractivity contribution in [2.45, 2.75) is 0 Å². The maximum absolute atomic E-state index is 2.43. The third-order valence-corrected chi connectivity index (χ3v) is 11.9. The highest BCUT2D eigenvalue weighted by molar-refractivity contribution is 7.25.